The Balaban J connectivity index is 1.59. The Bertz CT molecular complexity index is 851. The largest absolute Gasteiger partial charge is 0.384 e. The normalized spacial score (nSPS) is 16.8. The first-order valence-electron chi connectivity index (χ1n) is 7.99. The summed E-state index contributed by atoms with van der Waals surface area (Å²) in [6.45, 7) is 0.792. The number of halogens is 2. The molecule has 1 aromatic carbocycles. The van der Waals surface area contributed by atoms with Crippen molar-refractivity contribution in [2.24, 2.45) is 5.92 Å². The number of hydrogen-bond acceptors (Lipinski definition) is 7. The number of nitrogens with zero attached hydrogens (tertiary/aromatic N) is 3. The molecular formula is C16H16ClFN4O3S2. The lowest BCUT2D eigenvalue weighted by Crippen LogP contribution is -2.28. The Labute approximate surface area is 168 Å². The second kappa shape index (κ2) is 8.96. The molecule has 27 heavy (non-hydrogen) atoms. The van der Waals surface area contributed by atoms with Crippen LogP contribution < -0.4 is 10.2 Å². The minimum Gasteiger partial charge on any atom is -0.384 e. The van der Waals surface area contributed by atoms with E-state index in [0.717, 1.165) is 10.1 Å². The van der Waals surface area contributed by atoms with E-state index < -0.39 is 11.7 Å². The van der Waals surface area contributed by atoms with Gasteiger partial charge in [0.1, 0.15) is 5.82 Å². The predicted octanol–water partition coefficient (Wildman–Crippen LogP) is 3.06. The molecule has 0 spiro atoms. The maximum Gasteiger partial charge on any atom is 0.231 e. The lowest BCUT2D eigenvalue weighted by atomic mass is 10.1. The van der Waals surface area contributed by atoms with Gasteiger partial charge in [0, 0.05) is 31.5 Å². The molecule has 0 radical (unpaired) electrons. The Hall–Kier alpha value is -1.75. The minimum absolute atomic E-state index is 0.0646. The number of methoxy groups -OCH3 is 1. The predicted molar refractivity (Wildman–Crippen MR) is 103 cm³/mol. The van der Waals surface area contributed by atoms with Crippen molar-refractivity contribution in [3.8, 4) is 0 Å². The van der Waals surface area contributed by atoms with Crippen molar-refractivity contribution >= 4 is 57.3 Å². The van der Waals surface area contributed by atoms with Crippen LogP contribution in [0.25, 0.3) is 0 Å². The zero-order chi connectivity index (χ0) is 19.4. The number of hydrogen-bond donors (Lipinski definition) is 1. The fraction of sp³-hybridized carbons (Fsp3) is 0.375. The maximum atomic E-state index is 13.3. The summed E-state index contributed by atoms with van der Waals surface area (Å²) in [7, 11) is 1.62. The monoisotopic (exact) mass is 430 g/mol. The molecule has 1 unspecified atom stereocenters. The molecule has 0 bridgehead atoms. The number of carbonyl (C=O) groups is 2. The van der Waals surface area contributed by atoms with Crippen LogP contribution in [0.5, 0.6) is 0 Å². The second-order valence-electron chi connectivity index (χ2n) is 5.71. The highest BCUT2D eigenvalue weighted by atomic mass is 35.5. The van der Waals surface area contributed by atoms with E-state index in [1.165, 1.54) is 46.2 Å². The smallest absolute Gasteiger partial charge is 0.231 e. The summed E-state index contributed by atoms with van der Waals surface area (Å²) < 4.78 is 19.0. The third-order valence-electron chi connectivity index (χ3n) is 3.86. The SMILES string of the molecule is COCCSc1nnc(NC(=O)C2CC(=O)N(c3ccc(F)c(Cl)c3)C2)s1. The van der Waals surface area contributed by atoms with Crippen molar-refractivity contribution in [1.82, 2.24) is 10.2 Å². The summed E-state index contributed by atoms with van der Waals surface area (Å²) in [6.07, 6.45) is 0.0646. The van der Waals surface area contributed by atoms with Crippen molar-refractivity contribution in [2.75, 3.05) is 36.2 Å². The summed E-state index contributed by atoms with van der Waals surface area (Å²) in [6, 6.07) is 4.04. The average molecular weight is 431 g/mol. The number of nitrogens with one attached hydrogen (secondary N) is 1. The molecule has 1 fully saturated rings. The molecule has 2 heterocycles. The zero-order valence-electron chi connectivity index (χ0n) is 14.3. The highest BCUT2D eigenvalue weighted by Gasteiger charge is 2.35. The van der Waals surface area contributed by atoms with E-state index in [-0.39, 0.29) is 29.8 Å². The summed E-state index contributed by atoms with van der Waals surface area (Å²) in [4.78, 5) is 26.2. The van der Waals surface area contributed by atoms with Crippen LogP contribution in [0.15, 0.2) is 22.5 Å². The van der Waals surface area contributed by atoms with E-state index in [0.29, 0.717) is 17.4 Å². The highest BCUT2D eigenvalue weighted by molar-refractivity contribution is 8.01. The molecule has 0 aliphatic carbocycles. The van der Waals surface area contributed by atoms with Gasteiger partial charge in [-0.3, -0.25) is 9.59 Å². The van der Waals surface area contributed by atoms with E-state index in [1.54, 1.807) is 7.11 Å². The van der Waals surface area contributed by atoms with Gasteiger partial charge in [-0.25, -0.2) is 4.39 Å². The highest BCUT2D eigenvalue weighted by Crippen LogP contribution is 2.30. The topological polar surface area (TPSA) is 84.4 Å². The molecule has 2 aromatic rings. The average Bonchev–Trinajstić information content (AvgIpc) is 3.24. The lowest BCUT2D eigenvalue weighted by molar-refractivity contribution is -0.122. The molecule has 144 valence electrons. The minimum atomic E-state index is -0.559. The number of thioether (sulfide) groups is 1. The summed E-state index contributed by atoms with van der Waals surface area (Å²) in [5.74, 6) is -0.869. The number of ether oxygens (including phenoxy) is 1. The van der Waals surface area contributed by atoms with Crippen LogP contribution >= 0.6 is 34.7 Å². The van der Waals surface area contributed by atoms with Gasteiger partial charge >= 0.3 is 0 Å². The van der Waals surface area contributed by atoms with Crippen molar-refractivity contribution in [3.63, 3.8) is 0 Å². The summed E-state index contributed by atoms with van der Waals surface area (Å²) >= 11 is 8.53. The van der Waals surface area contributed by atoms with Gasteiger partial charge in [-0.2, -0.15) is 0 Å². The van der Waals surface area contributed by atoms with Gasteiger partial charge < -0.3 is 15.0 Å². The van der Waals surface area contributed by atoms with Gasteiger partial charge in [-0.1, -0.05) is 34.7 Å². The van der Waals surface area contributed by atoms with Crippen molar-refractivity contribution in [3.05, 3.63) is 29.0 Å². The fourth-order valence-electron chi connectivity index (χ4n) is 2.52. The molecule has 1 saturated heterocycles. The Kier molecular flexibility index (Phi) is 6.64. The van der Waals surface area contributed by atoms with E-state index in [9.17, 15) is 14.0 Å². The van der Waals surface area contributed by atoms with Crippen LogP contribution in [0.3, 0.4) is 0 Å². The third-order valence-corrected chi connectivity index (χ3v) is 6.09. The molecular weight excluding hydrogens is 415 g/mol. The van der Waals surface area contributed by atoms with Crippen LogP contribution in [-0.4, -0.2) is 48.0 Å². The van der Waals surface area contributed by atoms with Crippen LogP contribution in [0, 0.1) is 11.7 Å². The maximum absolute atomic E-state index is 13.3. The number of rotatable bonds is 7. The Morgan fingerprint density at radius 1 is 1.52 bits per heavy atom. The van der Waals surface area contributed by atoms with E-state index >= 15 is 0 Å². The number of aromatic nitrogens is 2. The van der Waals surface area contributed by atoms with Crippen LogP contribution in [0.1, 0.15) is 6.42 Å². The lowest BCUT2D eigenvalue weighted by Gasteiger charge is -2.17. The van der Waals surface area contributed by atoms with E-state index in [4.69, 9.17) is 16.3 Å². The van der Waals surface area contributed by atoms with Crippen molar-refractivity contribution in [1.29, 1.82) is 0 Å². The first-order valence-corrected chi connectivity index (χ1v) is 10.2. The van der Waals surface area contributed by atoms with Gasteiger partial charge in [-0.15, -0.1) is 10.2 Å². The molecule has 1 atom stereocenters. The molecule has 0 saturated carbocycles. The summed E-state index contributed by atoms with van der Waals surface area (Å²) in [5.41, 5.74) is 0.467. The van der Waals surface area contributed by atoms with Crippen molar-refractivity contribution in [2.45, 2.75) is 10.8 Å². The third kappa shape index (κ3) is 4.95. The van der Waals surface area contributed by atoms with Gasteiger partial charge in [0.15, 0.2) is 4.34 Å². The van der Waals surface area contributed by atoms with Gasteiger partial charge in [-0.05, 0) is 18.2 Å². The zero-order valence-corrected chi connectivity index (χ0v) is 16.7. The first-order chi connectivity index (χ1) is 13.0. The molecule has 11 heteroatoms. The van der Waals surface area contributed by atoms with Crippen LogP contribution in [-0.2, 0) is 14.3 Å². The number of amides is 2. The molecule has 1 aliphatic heterocycles. The molecule has 1 aliphatic rings. The Morgan fingerprint density at radius 3 is 3.07 bits per heavy atom. The molecule has 1 N–H and O–H groups in total. The van der Waals surface area contributed by atoms with Crippen LogP contribution in [0.4, 0.5) is 15.2 Å². The standard InChI is InChI=1S/C16H16ClFN4O3S2/c1-25-4-5-26-16-21-20-15(27-16)19-14(24)9-6-13(23)22(8-9)10-2-3-12(18)11(17)7-10/h2-3,7,9H,4-6,8H2,1H3,(H,19,20,24). The molecule has 1 aromatic heterocycles. The quantitative estimate of drug-likeness (QED) is 0.413. The summed E-state index contributed by atoms with van der Waals surface area (Å²) in [5, 5.41) is 11.0. The second-order valence-corrected chi connectivity index (χ2v) is 8.43. The van der Waals surface area contributed by atoms with Crippen molar-refractivity contribution < 1.29 is 18.7 Å². The molecule has 3 rings (SSSR count). The number of anilines is 2. The first kappa shape index (κ1) is 20.0. The fourth-order valence-corrected chi connectivity index (χ4v) is 4.42. The van der Waals surface area contributed by atoms with Gasteiger partial charge in [0.05, 0.1) is 17.5 Å². The number of carbonyl (C=O) groups excluding carboxylic acids is 2. The van der Waals surface area contributed by atoms with Gasteiger partial charge in [0.2, 0.25) is 16.9 Å². The number of benzene rings is 1. The van der Waals surface area contributed by atoms with E-state index in [1.807, 2.05) is 0 Å². The molecule has 2 amide bonds. The van der Waals surface area contributed by atoms with E-state index in [2.05, 4.69) is 15.5 Å². The Morgan fingerprint density at radius 2 is 2.33 bits per heavy atom. The van der Waals surface area contributed by atoms with Gasteiger partial charge in [0.25, 0.3) is 0 Å². The van der Waals surface area contributed by atoms with Crippen LogP contribution in [0.2, 0.25) is 5.02 Å². The molecule has 7 nitrogen and oxygen atoms in total.